The molecule has 166 valence electrons. The van der Waals surface area contributed by atoms with Gasteiger partial charge in [-0.2, -0.15) is 35.8 Å². The molecule has 0 atom stereocenters. The monoisotopic (exact) mass is 459 g/mol. The van der Waals surface area contributed by atoms with Crippen LogP contribution in [0.4, 0.5) is 58.5 Å². The van der Waals surface area contributed by atoms with E-state index < -0.39 is 70.9 Å². The van der Waals surface area contributed by atoms with Crippen LogP contribution in [-0.2, 0) is 11.3 Å². The van der Waals surface area contributed by atoms with Crippen molar-refractivity contribution >= 4 is 11.7 Å². The maximum Gasteiger partial charge on any atom is 0.460 e. The topological polar surface area (TPSA) is 46.9 Å². The molecule has 1 amide bonds. The van der Waals surface area contributed by atoms with Gasteiger partial charge in [-0.05, 0) is 0 Å². The number of rotatable bonds is 5. The number of carbonyl (C=O) groups excluding carboxylic acids is 1. The van der Waals surface area contributed by atoms with E-state index in [0.717, 1.165) is 5.32 Å². The van der Waals surface area contributed by atoms with E-state index in [9.17, 15) is 57.5 Å². The molecule has 0 radical (unpaired) electrons. The second kappa shape index (κ2) is 7.39. The number of amides is 1. The Kier molecular flexibility index (Phi) is 5.75. The summed E-state index contributed by atoms with van der Waals surface area (Å²) in [5.41, 5.74) is -1.43. The Morgan fingerprint density at radius 1 is 0.867 bits per heavy atom. The minimum atomic E-state index is -6.78. The lowest BCUT2D eigenvalue weighted by atomic mass is 10.1. The van der Waals surface area contributed by atoms with Crippen molar-refractivity contribution in [1.29, 1.82) is 0 Å². The molecule has 2 aromatic rings. The molecule has 0 spiro atoms. The summed E-state index contributed by atoms with van der Waals surface area (Å²) >= 11 is 0. The van der Waals surface area contributed by atoms with E-state index in [4.69, 9.17) is 0 Å². The predicted molar refractivity (Wildman–Crippen MR) is 72.1 cm³/mol. The SMILES string of the molecule is O=C(Nc1ccn(Cc2c(F)c(F)c(F)c(F)c2F)n1)C(F)(F)C(F)(F)C(F)(F)F. The molecule has 1 heterocycles. The Balaban J connectivity index is 2.26. The highest BCUT2D eigenvalue weighted by Gasteiger charge is 2.76. The standard InChI is InChI=1S/C14H5F12N3O/c15-6-4(7(16)9(18)10(19)8(6)17)3-29-2-1-5(28-29)27-11(30)12(20,21)13(22,23)14(24,25)26/h1-2H,3H2,(H,27,28,30). The normalized spacial score (nSPS) is 12.9. The molecule has 0 saturated carbocycles. The van der Waals surface area contributed by atoms with E-state index in [-0.39, 0.29) is 0 Å². The molecule has 0 aliphatic carbocycles. The maximum absolute atomic E-state index is 13.6. The Bertz CT molecular complexity index is 952. The van der Waals surface area contributed by atoms with Crippen LogP contribution >= 0.6 is 0 Å². The van der Waals surface area contributed by atoms with Crippen molar-refractivity contribution in [3.63, 3.8) is 0 Å². The van der Waals surface area contributed by atoms with Crippen molar-refractivity contribution in [3.05, 3.63) is 46.9 Å². The summed E-state index contributed by atoms with van der Waals surface area (Å²) in [6.45, 7) is -1.21. The number of hydrogen-bond donors (Lipinski definition) is 1. The Hall–Kier alpha value is -2.94. The molecule has 0 fully saturated rings. The number of alkyl halides is 7. The van der Waals surface area contributed by atoms with Gasteiger partial charge in [0.15, 0.2) is 29.1 Å². The number of nitrogens with one attached hydrogen (secondary N) is 1. The van der Waals surface area contributed by atoms with Gasteiger partial charge in [-0.15, -0.1) is 0 Å². The number of benzene rings is 1. The van der Waals surface area contributed by atoms with Crippen molar-refractivity contribution in [2.24, 2.45) is 0 Å². The molecule has 2 rings (SSSR count). The summed E-state index contributed by atoms with van der Waals surface area (Å²) in [5, 5.41) is 4.05. The summed E-state index contributed by atoms with van der Waals surface area (Å²) < 4.78 is 155. The molecule has 1 aromatic heterocycles. The summed E-state index contributed by atoms with van der Waals surface area (Å²) in [6.07, 6.45) is -6.16. The minimum absolute atomic E-state index is 0.327. The molecular weight excluding hydrogens is 454 g/mol. The number of aromatic nitrogens is 2. The summed E-state index contributed by atoms with van der Waals surface area (Å²) in [5.74, 6) is -28.8. The highest BCUT2D eigenvalue weighted by molar-refractivity contribution is 5.96. The molecule has 0 bridgehead atoms. The Morgan fingerprint density at radius 3 is 1.80 bits per heavy atom. The average molecular weight is 459 g/mol. The first-order valence-electron chi connectivity index (χ1n) is 7.20. The largest absolute Gasteiger partial charge is 0.460 e. The quantitative estimate of drug-likeness (QED) is 0.410. The summed E-state index contributed by atoms with van der Waals surface area (Å²) in [6, 6.07) is 0.520. The smallest absolute Gasteiger partial charge is 0.304 e. The first-order chi connectivity index (χ1) is 13.5. The number of hydrogen-bond acceptors (Lipinski definition) is 2. The zero-order valence-electron chi connectivity index (χ0n) is 13.7. The summed E-state index contributed by atoms with van der Waals surface area (Å²) in [4.78, 5) is 11.2. The molecule has 1 N–H and O–H groups in total. The molecule has 0 saturated heterocycles. The average Bonchev–Trinajstić information content (AvgIpc) is 3.07. The van der Waals surface area contributed by atoms with E-state index in [2.05, 4.69) is 5.10 Å². The lowest BCUT2D eigenvalue weighted by Gasteiger charge is -2.26. The van der Waals surface area contributed by atoms with Gasteiger partial charge in [-0.1, -0.05) is 0 Å². The third kappa shape index (κ3) is 3.77. The fourth-order valence-corrected chi connectivity index (χ4v) is 1.98. The lowest BCUT2D eigenvalue weighted by Crippen LogP contribution is -2.57. The van der Waals surface area contributed by atoms with Crippen LogP contribution in [0.1, 0.15) is 5.56 Å². The number of anilines is 1. The van der Waals surface area contributed by atoms with E-state index in [0.29, 0.717) is 16.9 Å². The number of carbonyl (C=O) groups is 1. The fraction of sp³-hybridized carbons (Fsp3) is 0.286. The Morgan fingerprint density at radius 2 is 1.33 bits per heavy atom. The van der Waals surface area contributed by atoms with Gasteiger partial charge in [0.05, 0.1) is 12.1 Å². The molecule has 0 aliphatic rings. The van der Waals surface area contributed by atoms with Gasteiger partial charge in [-0.3, -0.25) is 9.48 Å². The van der Waals surface area contributed by atoms with Gasteiger partial charge in [0.1, 0.15) is 0 Å². The zero-order chi connectivity index (χ0) is 23.2. The molecule has 16 heteroatoms. The van der Waals surface area contributed by atoms with Crippen LogP contribution in [0.5, 0.6) is 0 Å². The van der Waals surface area contributed by atoms with Crippen LogP contribution in [0.25, 0.3) is 0 Å². The first kappa shape index (κ1) is 23.3. The van der Waals surface area contributed by atoms with Crippen LogP contribution in [0, 0.1) is 29.1 Å². The molecular formula is C14H5F12N3O. The predicted octanol–water partition coefficient (Wildman–Crippen LogP) is 4.40. The van der Waals surface area contributed by atoms with Crippen LogP contribution < -0.4 is 5.32 Å². The van der Waals surface area contributed by atoms with Gasteiger partial charge >= 0.3 is 23.9 Å². The van der Waals surface area contributed by atoms with Gasteiger partial charge in [0.2, 0.25) is 5.82 Å². The molecule has 0 unspecified atom stereocenters. The lowest BCUT2D eigenvalue weighted by molar-refractivity contribution is -0.343. The molecule has 30 heavy (non-hydrogen) atoms. The van der Waals surface area contributed by atoms with Gasteiger partial charge in [0, 0.05) is 12.3 Å². The van der Waals surface area contributed by atoms with Crippen molar-refractivity contribution in [3.8, 4) is 0 Å². The maximum atomic E-state index is 13.6. The Labute approximate surface area is 157 Å². The van der Waals surface area contributed by atoms with E-state index >= 15 is 0 Å². The highest BCUT2D eigenvalue weighted by Crippen LogP contribution is 2.46. The van der Waals surface area contributed by atoms with E-state index in [1.165, 1.54) is 0 Å². The van der Waals surface area contributed by atoms with Gasteiger partial charge < -0.3 is 5.32 Å². The second-order valence-corrected chi connectivity index (χ2v) is 5.55. The third-order valence-corrected chi connectivity index (χ3v) is 3.54. The van der Waals surface area contributed by atoms with Crippen LogP contribution in [0.3, 0.4) is 0 Å². The number of halogens is 12. The fourth-order valence-electron chi connectivity index (χ4n) is 1.98. The van der Waals surface area contributed by atoms with Crippen LogP contribution in [0.15, 0.2) is 12.3 Å². The van der Waals surface area contributed by atoms with Crippen molar-refractivity contribution in [2.75, 3.05) is 5.32 Å². The van der Waals surface area contributed by atoms with Gasteiger partial charge in [-0.25, -0.2) is 22.0 Å². The highest BCUT2D eigenvalue weighted by atomic mass is 19.4. The third-order valence-electron chi connectivity index (χ3n) is 3.54. The van der Waals surface area contributed by atoms with Gasteiger partial charge in [0.25, 0.3) is 0 Å². The van der Waals surface area contributed by atoms with E-state index in [1.807, 2.05) is 0 Å². The van der Waals surface area contributed by atoms with Crippen molar-refractivity contribution in [1.82, 2.24) is 9.78 Å². The molecule has 1 aromatic carbocycles. The second-order valence-electron chi connectivity index (χ2n) is 5.55. The summed E-state index contributed by atoms with van der Waals surface area (Å²) in [7, 11) is 0. The van der Waals surface area contributed by atoms with Crippen molar-refractivity contribution in [2.45, 2.75) is 24.6 Å². The van der Waals surface area contributed by atoms with Crippen LogP contribution in [-0.4, -0.2) is 33.7 Å². The van der Waals surface area contributed by atoms with E-state index in [1.54, 1.807) is 0 Å². The molecule has 0 aliphatic heterocycles. The van der Waals surface area contributed by atoms with Crippen molar-refractivity contribution < 1.29 is 57.5 Å². The zero-order valence-corrected chi connectivity index (χ0v) is 13.7. The minimum Gasteiger partial charge on any atom is -0.304 e. The first-order valence-corrected chi connectivity index (χ1v) is 7.20. The molecule has 4 nitrogen and oxygen atoms in total. The number of nitrogens with zero attached hydrogens (tertiary/aromatic N) is 2. The van der Waals surface area contributed by atoms with Crippen LogP contribution in [0.2, 0.25) is 0 Å².